The van der Waals surface area contributed by atoms with Crippen molar-refractivity contribution in [2.45, 2.75) is 51.4 Å². The van der Waals surface area contributed by atoms with Gasteiger partial charge >= 0.3 is 6.18 Å². The summed E-state index contributed by atoms with van der Waals surface area (Å²) >= 11 is 0. The molecule has 0 radical (unpaired) electrons. The van der Waals surface area contributed by atoms with Crippen LogP contribution in [0.15, 0.2) is 18.2 Å². The largest absolute Gasteiger partial charge is 0.493 e. The summed E-state index contributed by atoms with van der Waals surface area (Å²) in [5.41, 5.74) is 7.74. The fraction of sp³-hybridized carbons (Fsp3) is 0.588. The monoisotopic (exact) mass is 380 g/mol. The molecule has 25 heavy (non-hydrogen) atoms. The maximum absolute atomic E-state index is 13.1. The van der Waals surface area contributed by atoms with Crippen LogP contribution in [-0.4, -0.2) is 42.2 Å². The van der Waals surface area contributed by atoms with Crippen molar-refractivity contribution < 1.29 is 22.7 Å². The number of aryl methyl sites for hydroxylation is 1. The van der Waals surface area contributed by atoms with Crippen LogP contribution in [0, 0.1) is 13.8 Å². The maximum atomic E-state index is 13.1. The number of nitrogens with zero attached hydrogens (tertiary/aromatic N) is 1. The van der Waals surface area contributed by atoms with Gasteiger partial charge in [0.25, 0.3) is 0 Å². The Morgan fingerprint density at radius 1 is 1.32 bits per heavy atom. The van der Waals surface area contributed by atoms with Gasteiger partial charge in [0.2, 0.25) is 5.91 Å². The Bertz CT molecular complexity index is 596. The predicted octanol–water partition coefficient (Wildman–Crippen LogP) is 3.37. The molecule has 8 heteroatoms. The van der Waals surface area contributed by atoms with E-state index in [4.69, 9.17) is 10.5 Å². The zero-order valence-electron chi connectivity index (χ0n) is 14.3. The Hall–Kier alpha value is -1.47. The minimum Gasteiger partial charge on any atom is -0.493 e. The first kappa shape index (κ1) is 21.6. The molecule has 1 aliphatic heterocycles. The van der Waals surface area contributed by atoms with Crippen molar-refractivity contribution in [1.82, 2.24) is 4.90 Å². The molecule has 142 valence electrons. The quantitative estimate of drug-likeness (QED) is 0.871. The van der Waals surface area contributed by atoms with Gasteiger partial charge in [-0.25, -0.2) is 0 Å². The van der Waals surface area contributed by atoms with E-state index in [1.54, 1.807) is 6.07 Å². The highest BCUT2D eigenvalue weighted by atomic mass is 35.5. The van der Waals surface area contributed by atoms with E-state index < -0.39 is 24.2 Å². The molecule has 0 saturated carbocycles. The molecule has 0 aromatic heterocycles. The number of piperidine rings is 1. The van der Waals surface area contributed by atoms with Crippen molar-refractivity contribution in [1.29, 1.82) is 0 Å². The SMILES string of the molecule is Cc1cccc(OCCC(=O)N2CC(N)CCC2C(F)(F)F)c1C.Cl. The summed E-state index contributed by atoms with van der Waals surface area (Å²) in [4.78, 5) is 13.1. The van der Waals surface area contributed by atoms with Gasteiger partial charge in [0.1, 0.15) is 11.8 Å². The topological polar surface area (TPSA) is 55.6 Å². The van der Waals surface area contributed by atoms with Gasteiger partial charge in [0, 0.05) is 12.6 Å². The van der Waals surface area contributed by atoms with Crippen molar-refractivity contribution in [3.8, 4) is 5.75 Å². The van der Waals surface area contributed by atoms with Crippen LogP contribution in [0.25, 0.3) is 0 Å². The lowest BCUT2D eigenvalue weighted by molar-refractivity contribution is -0.197. The third-order valence-corrected chi connectivity index (χ3v) is 4.44. The summed E-state index contributed by atoms with van der Waals surface area (Å²) in [6.07, 6.45) is -4.41. The van der Waals surface area contributed by atoms with Gasteiger partial charge in [-0.2, -0.15) is 13.2 Å². The Morgan fingerprint density at radius 3 is 2.64 bits per heavy atom. The first-order chi connectivity index (χ1) is 11.2. The van der Waals surface area contributed by atoms with Crippen molar-refractivity contribution in [3.05, 3.63) is 29.3 Å². The van der Waals surface area contributed by atoms with Crippen LogP contribution in [0.3, 0.4) is 0 Å². The van der Waals surface area contributed by atoms with E-state index in [1.165, 1.54) is 0 Å². The van der Waals surface area contributed by atoms with Crippen molar-refractivity contribution in [2.24, 2.45) is 5.73 Å². The molecule has 1 aromatic rings. The van der Waals surface area contributed by atoms with Crippen molar-refractivity contribution >= 4 is 18.3 Å². The van der Waals surface area contributed by atoms with Gasteiger partial charge in [0.15, 0.2) is 0 Å². The second-order valence-electron chi connectivity index (χ2n) is 6.24. The smallest absolute Gasteiger partial charge is 0.408 e. The van der Waals surface area contributed by atoms with Crippen LogP contribution in [0.5, 0.6) is 5.75 Å². The van der Waals surface area contributed by atoms with E-state index in [1.807, 2.05) is 26.0 Å². The summed E-state index contributed by atoms with van der Waals surface area (Å²) in [5, 5.41) is 0. The number of likely N-dealkylation sites (tertiary alicyclic amines) is 1. The van der Waals surface area contributed by atoms with Gasteiger partial charge in [-0.1, -0.05) is 12.1 Å². The second-order valence-corrected chi connectivity index (χ2v) is 6.24. The highest BCUT2D eigenvalue weighted by molar-refractivity contribution is 5.85. The zero-order chi connectivity index (χ0) is 17.9. The standard InChI is InChI=1S/C17H23F3N2O2.ClH/c1-11-4-3-5-14(12(11)2)24-9-8-16(23)22-10-13(21)6-7-15(22)17(18,19)20;/h3-5,13,15H,6-10,21H2,1-2H3;1H. The molecule has 1 aliphatic rings. The molecule has 2 atom stereocenters. The fourth-order valence-corrected chi connectivity index (χ4v) is 2.89. The number of ether oxygens (including phenoxy) is 1. The molecule has 1 amide bonds. The number of amides is 1. The average Bonchev–Trinajstić information content (AvgIpc) is 2.50. The lowest BCUT2D eigenvalue weighted by Crippen LogP contribution is -2.56. The Labute approximate surface area is 151 Å². The van der Waals surface area contributed by atoms with E-state index in [0.717, 1.165) is 16.0 Å². The van der Waals surface area contributed by atoms with E-state index >= 15 is 0 Å². The Balaban J connectivity index is 0.00000312. The van der Waals surface area contributed by atoms with Crippen LogP contribution in [0.1, 0.15) is 30.4 Å². The van der Waals surface area contributed by atoms with E-state index in [9.17, 15) is 18.0 Å². The van der Waals surface area contributed by atoms with Crippen LogP contribution in [0.2, 0.25) is 0 Å². The summed E-state index contributed by atoms with van der Waals surface area (Å²) in [6, 6.07) is 3.40. The van der Waals surface area contributed by atoms with Crippen molar-refractivity contribution in [2.75, 3.05) is 13.2 Å². The molecule has 2 unspecified atom stereocenters. The molecular formula is C17H24ClF3N2O2. The minimum absolute atomic E-state index is 0. The minimum atomic E-state index is -4.43. The number of carbonyl (C=O) groups is 1. The molecule has 0 spiro atoms. The highest BCUT2D eigenvalue weighted by Gasteiger charge is 2.47. The molecule has 0 bridgehead atoms. The normalized spacial score (nSPS) is 20.8. The molecule has 1 saturated heterocycles. The molecule has 1 fully saturated rings. The average molecular weight is 381 g/mol. The van der Waals surface area contributed by atoms with Crippen LogP contribution in [0.4, 0.5) is 13.2 Å². The maximum Gasteiger partial charge on any atom is 0.408 e. The Morgan fingerprint density at radius 2 is 2.00 bits per heavy atom. The predicted molar refractivity (Wildman–Crippen MR) is 92.0 cm³/mol. The molecule has 2 N–H and O–H groups in total. The lowest BCUT2D eigenvalue weighted by Gasteiger charge is -2.39. The van der Waals surface area contributed by atoms with Gasteiger partial charge < -0.3 is 15.4 Å². The van der Waals surface area contributed by atoms with E-state index in [0.29, 0.717) is 5.75 Å². The van der Waals surface area contributed by atoms with Gasteiger partial charge in [-0.15, -0.1) is 12.4 Å². The van der Waals surface area contributed by atoms with E-state index in [2.05, 4.69) is 0 Å². The molecule has 4 nitrogen and oxygen atoms in total. The molecule has 1 aromatic carbocycles. The number of halogens is 4. The summed E-state index contributed by atoms with van der Waals surface area (Å²) in [6.45, 7) is 3.82. The van der Waals surface area contributed by atoms with E-state index in [-0.39, 0.29) is 44.8 Å². The molecule has 0 aliphatic carbocycles. The first-order valence-corrected chi connectivity index (χ1v) is 8.01. The summed E-state index contributed by atoms with van der Waals surface area (Å²) in [5.74, 6) is 0.0725. The molecule has 1 heterocycles. The highest BCUT2D eigenvalue weighted by Crippen LogP contribution is 2.32. The van der Waals surface area contributed by atoms with Crippen LogP contribution < -0.4 is 10.5 Å². The van der Waals surface area contributed by atoms with Gasteiger partial charge in [0.05, 0.1) is 13.0 Å². The number of hydrogen-bond acceptors (Lipinski definition) is 3. The molecular weight excluding hydrogens is 357 g/mol. The van der Waals surface area contributed by atoms with Crippen LogP contribution in [-0.2, 0) is 4.79 Å². The zero-order valence-corrected chi connectivity index (χ0v) is 15.1. The summed E-state index contributed by atoms with van der Waals surface area (Å²) < 4.78 is 44.9. The fourth-order valence-electron chi connectivity index (χ4n) is 2.89. The number of rotatable bonds is 4. The number of nitrogens with two attached hydrogens (primary N) is 1. The summed E-state index contributed by atoms with van der Waals surface area (Å²) in [7, 11) is 0. The second kappa shape index (κ2) is 8.76. The molecule has 2 rings (SSSR count). The third-order valence-electron chi connectivity index (χ3n) is 4.44. The number of benzene rings is 1. The first-order valence-electron chi connectivity index (χ1n) is 8.01. The number of carbonyl (C=O) groups excluding carboxylic acids is 1. The number of alkyl halides is 3. The van der Waals surface area contributed by atoms with Crippen LogP contribution >= 0.6 is 12.4 Å². The van der Waals surface area contributed by atoms with Gasteiger partial charge in [-0.05, 0) is 43.9 Å². The third kappa shape index (κ3) is 5.51. The number of hydrogen-bond donors (Lipinski definition) is 1. The van der Waals surface area contributed by atoms with Gasteiger partial charge in [-0.3, -0.25) is 4.79 Å². The van der Waals surface area contributed by atoms with Crippen molar-refractivity contribution in [3.63, 3.8) is 0 Å². The Kier molecular flexibility index (Phi) is 7.56. The lowest BCUT2D eigenvalue weighted by atomic mass is 9.98.